The summed E-state index contributed by atoms with van der Waals surface area (Å²) in [4.78, 5) is 4.97. The first-order chi connectivity index (χ1) is 15.4. The third kappa shape index (κ3) is 2.60. The van der Waals surface area contributed by atoms with Crippen molar-refractivity contribution in [3.63, 3.8) is 0 Å². The van der Waals surface area contributed by atoms with E-state index in [1.165, 1.54) is 55.5 Å². The van der Waals surface area contributed by atoms with Gasteiger partial charge in [0, 0.05) is 12.5 Å². The first kappa shape index (κ1) is 19.2. The van der Waals surface area contributed by atoms with Crippen molar-refractivity contribution in [3.05, 3.63) is 88.9 Å². The van der Waals surface area contributed by atoms with E-state index in [2.05, 4.69) is 105 Å². The Hall–Kier alpha value is -3.46. The predicted octanol–water partition coefficient (Wildman–Crippen LogP) is 6.31. The maximum absolute atomic E-state index is 4.97. The summed E-state index contributed by atoms with van der Waals surface area (Å²) < 4.78 is 4.65. The Morgan fingerprint density at radius 2 is 1.81 bits per heavy atom. The van der Waals surface area contributed by atoms with Crippen LogP contribution in [0.5, 0.6) is 0 Å². The Labute approximate surface area is 189 Å². The molecule has 0 saturated heterocycles. The smallest absolute Gasteiger partial charge is 0.220 e. The monoisotopic (exact) mass is 418 g/mol. The summed E-state index contributed by atoms with van der Waals surface area (Å²) in [5.74, 6) is 1.66. The molecule has 0 atom stereocenters. The lowest BCUT2D eigenvalue weighted by atomic mass is 9.89. The fourth-order valence-corrected chi connectivity index (χ4v) is 5.33. The van der Waals surface area contributed by atoms with Crippen molar-refractivity contribution in [2.45, 2.75) is 40.0 Å². The minimum atomic E-state index is 0.520. The SMILES string of the molecule is Cc1cc2c(c(-c3c4ccc(C(C)C)cc4cc[n+]3C)c1C)Cc1nc3ccccc3n1-2. The van der Waals surface area contributed by atoms with Crippen LogP contribution in [0.2, 0.25) is 0 Å². The zero-order valence-corrected chi connectivity index (χ0v) is 19.4. The van der Waals surface area contributed by atoms with Gasteiger partial charge in [-0.3, -0.25) is 4.57 Å². The number of hydrogen-bond acceptors (Lipinski definition) is 1. The highest BCUT2D eigenvalue weighted by molar-refractivity contribution is 5.96. The molecule has 0 amide bonds. The number of fused-ring (bicyclic) bond motifs is 6. The van der Waals surface area contributed by atoms with E-state index in [0.717, 1.165) is 17.8 Å². The van der Waals surface area contributed by atoms with Gasteiger partial charge >= 0.3 is 0 Å². The molecule has 0 unspecified atom stereocenters. The highest BCUT2D eigenvalue weighted by atomic mass is 15.1. The van der Waals surface area contributed by atoms with Gasteiger partial charge < -0.3 is 0 Å². The Kier molecular flexibility index (Phi) is 4.07. The van der Waals surface area contributed by atoms with Crippen LogP contribution in [0.25, 0.3) is 38.8 Å². The van der Waals surface area contributed by atoms with Crippen molar-refractivity contribution in [1.82, 2.24) is 9.55 Å². The fourth-order valence-electron chi connectivity index (χ4n) is 5.33. The quantitative estimate of drug-likeness (QED) is 0.302. The predicted molar refractivity (Wildman–Crippen MR) is 132 cm³/mol. The Balaban J connectivity index is 1.68. The van der Waals surface area contributed by atoms with Crippen LogP contribution in [0.4, 0.5) is 0 Å². The highest BCUT2D eigenvalue weighted by Gasteiger charge is 2.31. The van der Waals surface area contributed by atoms with Crippen molar-refractivity contribution in [1.29, 1.82) is 0 Å². The maximum atomic E-state index is 4.97. The third-order valence-corrected chi connectivity index (χ3v) is 7.20. The van der Waals surface area contributed by atoms with Gasteiger partial charge in [0.25, 0.3) is 0 Å². The molecule has 0 spiro atoms. The van der Waals surface area contributed by atoms with Crippen molar-refractivity contribution in [3.8, 4) is 16.9 Å². The minimum absolute atomic E-state index is 0.520. The van der Waals surface area contributed by atoms with Crippen molar-refractivity contribution in [2.24, 2.45) is 7.05 Å². The summed E-state index contributed by atoms with van der Waals surface area (Å²) in [6.45, 7) is 9.02. The summed E-state index contributed by atoms with van der Waals surface area (Å²) in [6.07, 6.45) is 3.07. The number of aromatic nitrogens is 3. The van der Waals surface area contributed by atoms with Gasteiger partial charge in [0.1, 0.15) is 12.9 Å². The average Bonchev–Trinajstić information content (AvgIpc) is 3.31. The summed E-state index contributed by atoms with van der Waals surface area (Å²) in [5.41, 5.74) is 11.7. The van der Waals surface area contributed by atoms with Crippen LogP contribution in [-0.2, 0) is 13.5 Å². The van der Waals surface area contributed by atoms with E-state index in [9.17, 15) is 0 Å². The number of rotatable bonds is 2. The van der Waals surface area contributed by atoms with Crippen LogP contribution < -0.4 is 4.57 Å². The second-order valence-electron chi connectivity index (χ2n) is 9.50. The van der Waals surface area contributed by atoms with Gasteiger partial charge in [0.05, 0.1) is 27.7 Å². The van der Waals surface area contributed by atoms with E-state index in [1.807, 2.05) is 0 Å². The fraction of sp³-hybridized carbons (Fsp3) is 0.241. The molecule has 32 heavy (non-hydrogen) atoms. The molecule has 3 heterocycles. The van der Waals surface area contributed by atoms with Gasteiger partial charge in [-0.05, 0) is 71.7 Å². The molecule has 0 radical (unpaired) electrons. The molecule has 3 aromatic carbocycles. The maximum Gasteiger partial charge on any atom is 0.220 e. The zero-order valence-electron chi connectivity index (χ0n) is 19.4. The van der Waals surface area contributed by atoms with Crippen LogP contribution in [-0.4, -0.2) is 9.55 Å². The third-order valence-electron chi connectivity index (χ3n) is 7.20. The van der Waals surface area contributed by atoms with E-state index in [-0.39, 0.29) is 0 Å². The number of hydrogen-bond donors (Lipinski definition) is 0. The van der Waals surface area contributed by atoms with Crippen LogP contribution >= 0.6 is 0 Å². The van der Waals surface area contributed by atoms with Crippen LogP contribution in [0.1, 0.15) is 47.8 Å². The molecule has 158 valence electrons. The van der Waals surface area contributed by atoms with E-state index < -0.39 is 0 Å². The van der Waals surface area contributed by atoms with E-state index in [0.29, 0.717) is 5.92 Å². The minimum Gasteiger partial charge on any atom is -0.296 e. The second kappa shape index (κ2) is 6.77. The molecule has 1 aliphatic heterocycles. The number of nitrogens with zero attached hydrogens (tertiary/aromatic N) is 3. The number of imidazole rings is 1. The Bertz CT molecular complexity index is 1550. The summed E-state index contributed by atoms with van der Waals surface area (Å²) >= 11 is 0. The Morgan fingerprint density at radius 3 is 2.62 bits per heavy atom. The largest absolute Gasteiger partial charge is 0.296 e. The first-order valence-corrected chi connectivity index (χ1v) is 11.5. The van der Waals surface area contributed by atoms with Gasteiger partial charge in [0.15, 0.2) is 6.20 Å². The molecular weight excluding hydrogens is 390 g/mol. The van der Waals surface area contributed by atoms with Crippen LogP contribution in [0.15, 0.2) is 60.8 Å². The van der Waals surface area contributed by atoms with Crippen molar-refractivity contribution >= 4 is 21.8 Å². The molecule has 0 N–H and O–H groups in total. The molecule has 0 saturated carbocycles. The van der Waals surface area contributed by atoms with Crippen LogP contribution in [0, 0.1) is 13.8 Å². The molecule has 2 aromatic heterocycles. The molecule has 0 aliphatic carbocycles. The second-order valence-corrected chi connectivity index (χ2v) is 9.50. The van der Waals surface area contributed by atoms with Gasteiger partial charge in [-0.25, -0.2) is 9.55 Å². The van der Waals surface area contributed by atoms with Crippen molar-refractivity contribution in [2.75, 3.05) is 0 Å². The van der Waals surface area contributed by atoms with Crippen LogP contribution in [0.3, 0.4) is 0 Å². The molecule has 1 aliphatic rings. The molecule has 6 rings (SSSR count). The van der Waals surface area contributed by atoms with Gasteiger partial charge in [-0.15, -0.1) is 0 Å². The Morgan fingerprint density at radius 1 is 1.00 bits per heavy atom. The first-order valence-electron chi connectivity index (χ1n) is 11.5. The summed E-state index contributed by atoms with van der Waals surface area (Å²) in [7, 11) is 2.17. The number of aryl methyl sites for hydroxylation is 2. The van der Waals surface area contributed by atoms with E-state index in [4.69, 9.17) is 4.98 Å². The molecule has 3 heteroatoms. The lowest BCUT2D eigenvalue weighted by Crippen LogP contribution is -2.31. The highest BCUT2D eigenvalue weighted by Crippen LogP contribution is 2.42. The van der Waals surface area contributed by atoms with E-state index in [1.54, 1.807) is 0 Å². The van der Waals surface area contributed by atoms with Gasteiger partial charge in [-0.1, -0.05) is 38.1 Å². The molecule has 0 bridgehead atoms. The summed E-state index contributed by atoms with van der Waals surface area (Å²) in [6, 6.07) is 20.0. The topological polar surface area (TPSA) is 21.7 Å². The molecule has 3 nitrogen and oxygen atoms in total. The number of para-hydroxylation sites is 2. The lowest BCUT2D eigenvalue weighted by molar-refractivity contribution is -0.659. The lowest BCUT2D eigenvalue weighted by Gasteiger charge is -2.16. The molecular formula is C29H28N3+. The molecule has 0 fully saturated rings. The molecule has 5 aromatic rings. The number of pyridine rings is 1. The zero-order chi connectivity index (χ0) is 22.1. The number of benzene rings is 3. The van der Waals surface area contributed by atoms with Gasteiger partial charge in [-0.2, -0.15) is 0 Å². The average molecular weight is 419 g/mol. The van der Waals surface area contributed by atoms with Crippen molar-refractivity contribution < 1.29 is 4.57 Å². The normalized spacial score (nSPS) is 12.7. The standard InChI is InChI=1S/C29H28N3/c1-17(2)20-10-11-22-21(15-20)12-13-31(5)29(22)28-19(4)18(3)14-26-23(28)16-27-30-24-8-6-7-9-25(24)32(26)27/h6-15,17H,16H2,1-5H3/q+1. The van der Waals surface area contributed by atoms with E-state index >= 15 is 0 Å². The van der Waals surface area contributed by atoms with Gasteiger partial charge in [0.2, 0.25) is 5.69 Å². The summed E-state index contributed by atoms with van der Waals surface area (Å²) in [5, 5.41) is 2.62.